The van der Waals surface area contributed by atoms with Crippen molar-refractivity contribution in [3.63, 3.8) is 0 Å². The molecule has 41 heavy (non-hydrogen) atoms. The van der Waals surface area contributed by atoms with E-state index in [9.17, 15) is 19.5 Å². The summed E-state index contributed by atoms with van der Waals surface area (Å²) in [6.45, 7) is 9.33. The Balaban J connectivity index is 1.51. The molecule has 3 aliphatic heterocycles. The number of carbonyl (C=O) groups excluding carboxylic acids is 3. The van der Waals surface area contributed by atoms with Crippen LogP contribution in [0, 0.1) is 11.8 Å². The summed E-state index contributed by atoms with van der Waals surface area (Å²) in [5.41, 5.74) is 1.02. The molecular formula is C32H42BrN3O4S. The number of alkyl halides is 1. The molecule has 1 spiro atoms. The highest BCUT2D eigenvalue weighted by atomic mass is 79.9. The third kappa shape index (κ3) is 5.54. The van der Waals surface area contributed by atoms with Crippen LogP contribution in [0.15, 0.2) is 55.6 Å². The number of likely N-dealkylation sites (tertiary alicyclic amines) is 1. The number of amides is 3. The summed E-state index contributed by atoms with van der Waals surface area (Å²) in [7, 11) is 0. The van der Waals surface area contributed by atoms with E-state index in [1.54, 1.807) is 33.7 Å². The van der Waals surface area contributed by atoms with Gasteiger partial charge in [0.1, 0.15) is 6.04 Å². The SMILES string of the molecule is C=CCN(Cc1ccccc1)C(=O)[C@H]1[C@@H]2SC3(CC2Br)C(C(=O)N(CC=C)C2CCCCC2)N(CCCO)C(=O)[C@H]13. The largest absolute Gasteiger partial charge is 0.396 e. The zero-order valence-corrected chi connectivity index (χ0v) is 26.1. The van der Waals surface area contributed by atoms with Gasteiger partial charge in [0.15, 0.2) is 0 Å². The maximum Gasteiger partial charge on any atom is 0.247 e. The average Bonchev–Trinajstić information content (AvgIpc) is 3.58. The highest BCUT2D eigenvalue weighted by Gasteiger charge is 2.76. The van der Waals surface area contributed by atoms with E-state index >= 15 is 0 Å². The van der Waals surface area contributed by atoms with Gasteiger partial charge in [-0.05, 0) is 31.2 Å². The summed E-state index contributed by atoms with van der Waals surface area (Å²) < 4.78 is -0.691. The minimum absolute atomic E-state index is 0.0171. The Morgan fingerprint density at radius 2 is 1.80 bits per heavy atom. The highest BCUT2D eigenvalue weighted by Crippen LogP contribution is 2.68. The number of rotatable bonds is 12. The number of aliphatic hydroxyl groups excluding tert-OH is 1. The maximum atomic E-state index is 14.6. The number of carbonyl (C=O) groups is 3. The van der Waals surface area contributed by atoms with Crippen LogP contribution in [-0.4, -0.2) is 90.7 Å². The van der Waals surface area contributed by atoms with Gasteiger partial charge in [0.25, 0.3) is 0 Å². The summed E-state index contributed by atoms with van der Waals surface area (Å²) in [6.07, 6.45) is 9.85. The normalized spacial score (nSPS) is 30.7. The summed E-state index contributed by atoms with van der Waals surface area (Å²) in [4.78, 5) is 48.8. The highest BCUT2D eigenvalue weighted by molar-refractivity contribution is 9.09. The number of benzene rings is 1. The molecule has 2 bridgehead atoms. The van der Waals surface area contributed by atoms with Crippen molar-refractivity contribution >= 4 is 45.4 Å². The van der Waals surface area contributed by atoms with Crippen LogP contribution in [0.1, 0.15) is 50.5 Å². The van der Waals surface area contributed by atoms with Crippen LogP contribution in [-0.2, 0) is 20.9 Å². The van der Waals surface area contributed by atoms with Crippen molar-refractivity contribution in [2.75, 3.05) is 26.2 Å². The van der Waals surface area contributed by atoms with Gasteiger partial charge in [-0.1, -0.05) is 77.7 Å². The standard InChI is InChI=1S/C32H42BrN3O4S/c1-3-16-34(21-22-12-7-5-8-13-22)29(38)25-26-30(39)36(18-11-19-37)28(32(26)20-24(33)27(25)41-32)31(40)35(17-4-2)23-14-9-6-10-15-23/h3-5,7-8,12-13,23-28,37H,1-2,6,9-11,14-21H2/t24?,25-,26+,27-,28?,32?/m1/s1. The molecule has 3 unspecified atom stereocenters. The number of nitrogens with zero attached hydrogens (tertiary/aromatic N) is 3. The van der Waals surface area contributed by atoms with Gasteiger partial charge < -0.3 is 19.8 Å². The number of halogens is 1. The van der Waals surface area contributed by atoms with Crippen LogP contribution in [0.2, 0.25) is 0 Å². The van der Waals surface area contributed by atoms with Gasteiger partial charge in [-0.3, -0.25) is 14.4 Å². The molecule has 6 atom stereocenters. The Kier molecular flexibility index (Phi) is 9.66. The fourth-order valence-corrected chi connectivity index (χ4v) is 11.3. The molecule has 1 aromatic carbocycles. The predicted octanol–water partition coefficient (Wildman–Crippen LogP) is 4.40. The summed E-state index contributed by atoms with van der Waals surface area (Å²) in [5.74, 6) is -1.32. The minimum atomic E-state index is -0.691. The van der Waals surface area contributed by atoms with E-state index in [0.717, 1.165) is 31.2 Å². The lowest BCUT2D eigenvalue weighted by molar-refractivity contribution is -0.145. The number of aliphatic hydroxyl groups is 1. The van der Waals surface area contributed by atoms with Crippen LogP contribution in [0.4, 0.5) is 0 Å². The lowest BCUT2D eigenvalue weighted by atomic mass is 9.70. The minimum Gasteiger partial charge on any atom is -0.396 e. The van der Waals surface area contributed by atoms with E-state index in [-0.39, 0.29) is 40.4 Å². The molecule has 0 aromatic heterocycles. The second-order valence-corrected chi connectivity index (χ2v) is 14.6. The van der Waals surface area contributed by atoms with E-state index in [1.165, 1.54) is 6.42 Å². The summed E-state index contributed by atoms with van der Waals surface area (Å²) in [6, 6.07) is 9.34. The van der Waals surface area contributed by atoms with E-state index in [2.05, 4.69) is 29.1 Å². The van der Waals surface area contributed by atoms with Crippen LogP contribution in [0.5, 0.6) is 0 Å². The van der Waals surface area contributed by atoms with Gasteiger partial charge in [-0.15, -0.1) is 24.9 Å². The molecule has 3 amide bonds. The molecule has 222 valence electrons. The van der Waals surface area contributed by atoms with Crippen molar-refractivity contribution in [1.29, 1.82) is 0 Å². The molecule has 1 aromatic rings. The molecule has 5 rings (SSSR count). The first kappa shape index (κ1) is 30.4. The maximum absolute atomic E-state index is 14.6. The quantitative estimate of drug-likeness (QED) is 0.270. The molecule has 4 aliphatic rings. The lowest BCUT2D eigenvalue weighted by Crippen LogP contribution is -2.57. The molecular weight excluding hydrogens is 602 g/mol. The Hall–Kier alpha value is -2.10. The lowest BCUT2D eigenvalue weighted by Gasteiger charge is -2.41. The number of hydrogen-bond donors (Lipinski definition) is 1. The first-order valence-corrected chi connectivity index (χ1v) is 16.8. The van der Waals surface area contributed by atoms with E-state index < -0.39 is 22.6 Å². The Morgan fingerprint density at radius 3 is 2.46 bits per heavy atom. The zero-order chi connectivity index (χ0) is 29.1. The summed E-state index contributed by atoms with van der Waals surface area (Å²) >= 11 is 5.56. The molecule has 9 heteroatoms. The fourth-order valence-electron chi connectivity index (χ4n) is 7.68. The van der Waals surface area contributed by atoms with Crippen LogP contribution >= 0.6 is 27.7 Å². The third-order valence-corrected chi connectivity index (χ3v) is 12.6. The topological polar surface area (TPSA) is 81.2 Å². The van der Waals surface area contributed by atoms with Crippen molar-refractivity contribution in [2.45, 2.75) is 78.4 Å². The number of hydrogen-bond acceptors (Lipinski definition) is 5. The monoisotopic (exact) mass is 643 g/mol. The second-order valence-electron chi connectivity index (χ2n) is 11.8. The van der Waals surface area contributed by atoms with Crippen molar-refractivity contribution < 1.29 is 19.5 Å². The first-order valence-electron chi connectivity index (χ1n) is 15.0. The van der Waals surface area contributed by atoms with Gasteiger partial charge in [0.2, 0.25) is 17.7 Å². The summed E-state index contributed by atoms with van der Waals surface area (Å²) in [5, 5.41) is 9.59. The van der Waals surface area contributed by atoms with Gasteiger partial charge in [0, 0.05) is 48.9 Å². The molecule has 1 aliphatic carbocycles. The molecule has 3 heterocycles. The smallest absolute Gasteiger partial charge is 0.247 e. The fraction of sp³-hybridized carbons (Fsp3) is 0.594. The molecule has 1 saturated carbocycles. The van der Waals surface area contributed by atoms with Gasteiger partial charge in [0.05, 0.1) is 16.6 Å². The third-order valence-electron chi connectivity index (χ3n) is 9.37. The first-order chi connectivity index (χ1) is 19.9. The molecule has 4 fully saturated rings. The van der Waals surface area contributed by atoms with Crippen LogP contribution in [0.3, 0.4) is 0 Å². The Bertz CT molecular complexity index is 1150. The van der Waals surface area contributed by atoms with Crippen molar-refractivity contribution in [3.05, 3.63) is 61.2 Å². The van der Waals surface area contributed by atoms with E-state index in [4.69, 9.17) is 0 Å². The van der Waals surface area contributed by atoms with Gasteiger partial charge in [-0.25, -0.2) is 0 Å². The molecule has 0 radical (unpaired) electrons. The van der Waals surface area contributed by atoms with E-state index in [0.29, 0.717) is 39.0 Å². The van der Waals surface area contributed by atoms with E-state index in [1.807, 2.05) is 35.2 Å². The number of fused-ring (bicyclic) bond motifs is 1. The average molecular weight is 645 g/mol. The number of thioether (sulfide) groups is 1. The second kappa shape index (κ2) is 13.0. The van der Waals surface area contributed by atoms with Crippen molar-refractivity contribution in [2.24, 2.45) is 11.8 Å². The molecule has 3 saturated heterocycles. The predicted molar refractivity (Wildman–Crippen MR) is 166 cm³/mol. The molecule has 7 nitrogen and oxygen atoms in total. The van der Waals surface area contributed by atoms with Gasteiger partial charge in [-0.2, -0.15) is 0 Å². The Morgan fingerprint density at radius 1 is 1.10 bits per heavy atom. The van der Waals surface area contributed by atoms with Crippen LogP contribution in [0.25, 0.3) is 0 Å². The van der Waals surface area contributed by atoms with Crippen molar-refractivity contribution in [1.82, 2.24) is 14.7 Å². The Labute approximate surface area is 256 Å². The zero-order valence-electron chi connectivity index (χ0n) is 23.7. The molecule has 1 N–H and O–H groups in total. The van der Waals surface area contributed by atoms with Crippen LogP contribution < -0.4 is 0 Å². The van der Waals surface area contributed by atoms with Gasteiger partial charge >= 0.3 is 0 Å². The van der Waals surface area contributed by atoms with Crippen molar-refractivity contribution in [3.8, 4) is 0 Å².